The SMILES string of the molecule is COc1ccccc1[C@H]1CC(c2ccc(C)cc2)=NN1C(C)=O. The van der Waals surface area contributed by atoms with Crippen molar-refractivity contribution < 1.29 is 9.53 Å². The molecule has 118 valence electrons. The van der Waals surface area contributed by atoms with Gasteiger partial charge in [-0.05, 0) is 18.6 Å². The highest BCUT2D eigenvalue weighted by atomic mass is 16.5. The van der Waals surface area contributed by atoms with E-state index in [2.05, 4.69) is 36.3 Å². The van der Waals surface area contributed by atoms with E-state index in [1.54, 1.807) is 19.0 Å². The van der Waals surface area contributed by atoms with Crippen molar-refractivity contribution in [2.24, 2.45) is 5.10 Å². The summed E-state index contributed by atoms with van der Waals surface area (Å²) in [7, 11) is 1.65. The second-order valence-electron chi connectivity index (χ2n) is 5.74. The number of methoxy groups -OCH3 is 1. The van der Waals surface area contributed by atoms with Crippen molar-refractivity contribution in [3.63, 3.8) is 0 Å². The molecule has 4 heteroatoms. The molecule has 23 heavy (non-hydrogen) atoms. The molecule has 1 amide bonds. The molecule has 1 atom stereocenters. The molecule has 0 N–H and O–H groups in total. The Labute approximate surface area is 136 Å². The molecule has 0 saturated heterocycles. The number of hydrogen-bond donors (Lipinski definition) is 0. The summed E-state index contributed by atoms with van der Waals surface area (Å²) in [6.45, 7) is 3.60. The fourth-order valence-corrected chi connectivity index (χ4v) is 2.90. The Balaban J connectivity index is 1.97. The third-order valence-corrected chi connectivity index (χ3v) is 4.12. The molecule has 1 aliphatic heterocycles. The second-order valence-corrected chi connectivity index (χ2v) is 5.74. The van der Waals surface area contributed by atoms with Gasteiger partial charge in [0.2, 0.25) is 5.91 Å². The molecule has 2 aromatic rings. The lowest BCUT2D eigenvalue weighted by molar-refractivity contribution is -0.130. The summed E-state index contributed by atoms with van der Waals surface area (Å²) in [6.07, 6.45) is 0.684. The van der Waals surface area contributed by atoms with Crippen molar-refractivity contribution in [3.05, 3.63) is 65.2 Å². The lowest BCUT2D eigenvalue weighted by Crippen LogP contribution is -2.24. The number of carbonyl (C=O) groups excluding carboxylic acids is 1. The van der Waals surface area contributed by atoms with E-state index in [1.807, 2.05) is 24.3 Å². The van der Waals surface area contributed by atoms with E-state index in [0.717, 1.165) is 22.6 Å². The molecule has 1 aliphatic rings. The van der Waals surface area contributed by atoms with Gasteiger partial charge in [-0.15, -0.1) is 0 Å². The predicted octanol–water partition coefficient (Wildman–Crippen LogP) is 3.70. The number of rotatable bonds is 3. The molecule has 3 rings (SSSR count). The fraction of sp³-hybridized carbons (Fsp3) is 0.263. The van der Waals surface area contributed by atoms with Gasteiger partial charge in [0.25, 0.3) is 0 Å². The van der Waals surface area contributed by atoms with E-state index in [-0.39, 0.29) is 11.9 Å². The average molecular weight is 308 g/mol. The molecule has 0 aliphatic carbocycles. The molecule has 0 saturated carbocycles. The smallest absolute Gasteiger partial charge is 0.240 e. The number of carbonyl (C=O) groups is 1. The summed E-state index contributed by atoms with van der Waals surface area (Å²) in [5.41, 5.74) is 4.17. The summed E-state index contributed by atoms with van der Waals surface area (Å²) in [5, 5.41) is 6.13. The minimum atomic E-state index is -0.125. The lowest BCUT2D eigenvalue weighted by Gasteiger charge is -2.22. The molecule has 0 bridgehead atoms. The Kier molecular flexibility index (Phi) is 4.15. The van der Waals surface area contributed by atoms with Crippen LogP contribution in [0.3, 0.4) is 0 Å². The standard InChI is InChI=1S/C19H20N2O2/c1-13-8-10-15(11-9-13)17-12-18(21(20-17)14(2)22)16-6-4-5-7-19(16)23-3/h4-11,18H,12H2,1-3H3/t18-/m1/s1. The quantitative estimate of drug-likeness (QED) is 0.867. The topological polar surface area (TPSA) is 41.9 Å². The Morgan fingerprint density at radius 3 is 2.52 bits per heavy atom. The van der Waals surface area contributed by atoms with Crippen molar-refractivity contribution in [2.75, 3.05) is 7.11 Å². The molecule has 0 unspecified atom stereocenters. The third-order valence-electron chi connectivity index (χ3n) is 4.12. The van der Waals surface area contributed by atoms with Crippen LogP contribution < -0.4 is 4.74 Å². The van der Waals surface area contributed by atoms with Crippen molar-refractivity contribution in [1.82, 2.24) is 5.01 Å². The molecule has 0 radical (unpaired) electrons. The summed E-state index contributed by atoms with van der Waals surface area (Å²) in [6, 6.07) is 15.9. The molecule has 0 fully saturated rings. The van der Waals surface area contributed by atoms with Gasteiger partial charge < -0.3 is 4.74 Å². The number of aryl methyl sites for hydroxylation is 1. The van der Waals surface area contributed by atoms with Gasteiger partial charge in [-0.2, -0.15) is 5.10 Å². The van der Waals surface area contributed by atoms with Crippen molar-refractivity contribution in [3.8, 4) is 5.75 Å². The van der Waals surface area contributed by atoms with E-state index >= 15 is 0 Å². The van der Waals surface area contributed by atoms with Gasteiger partial charge in [-0.1, -0.05) is 48.0 Å². The van der Waals surface area contributed by atoms with Crippen LogP contribution in [0.15, 0.2) is 53.6 Å². The first-order valence-corrected chi connectivity index (χ1v) is 7.67. The first-order valence-electron chi connectivity index (χ1n) is 7.67. The average Bonchev–Trinajstić information content (AvgIpc) is 3.01. The summed E-state index contributed by atoms with van der Waals surface area (Å²) >= 11 is 0. The van der Waals surface area contributed by atoms with Crippen LogP contribution in [0.25, 0.3) is 0 Å². The number of hydrogen-bond acceptors (Lipinski definition) is 3. The van der Waals surface area contributed by atoms with Gasteiger partial charge in [0.05, 0.1) is 18.9 Å². The van der Waals surface area contributed by atoms with Gasteiger partial charge in [0, 0.05) is 18.9 Å². The van der Waals surface area contributed by atoms with E-state index in [1.165, 1.54) is 5.56 Å². The maximum Gasteiger partial charge on any atom is 0.240 e. The summed E-state index contributed by atoms with van der Waals surface area (Å²) in [5.74, 6) is 0.715. The number of nitrogens with zero attached hydrogens (tertiary/aromatic N) is 2. The van der Waals surface area contributed by atoms with E-state index in [9.17, 15) is 4.79 Å². The Morgan fingerprint density at radius 2 is 1.87 bits per heavy atom. The van der Waals surface area contributed by atoms with E-state index < -0.39 is 0 Å². The zero-order valence-corrected chi connectivity index (χ0v) is 13.6. The van der Waals surface area contributed by atoms with Crippen LogP contribution in [-0.2, 0) is 4.79 Å². The van der Waals surface area contributed by atoms with Gasteiger partial charge in [-0.25, -0.2) is 5.01 Å². The van der Waals surface area contributed by atoms with Gasteiger partial charge in [0.15, 0.2) is 0 Å². The highest BCUT2D eigenvalue weighted by molar-refractivity contribution is 6.03. The van der Waals surface area contributed by atoms with Crippen LogP contribution in [0.4, 0.5) is 0 Å². The molecule has 0 aromatic heterocycles. The largest absolute Gasteiger partial charge is 0.496 e. The monoisotopic (exact) mass is 308 g/mol. The first-order chi connectivity index (χ1) is 11.1. The highest BCUT2D eigenvalue weighted by Gasteiger charge is 2.32. The van der Waals surface area contributed by atoms with Crippen LogP contribution in [-0.4, -0.2) is 23.7 Å². The van der Waals surface area contributed by atoms with Crippen LogP contribution >= 0.6 is 0 Å². The second kappa shape index (κ2) is 6.24. The summed E-state index contributed by atoms with van der Waals surface area (Å²) in [4.78, 5) is 12.0. The highest BCUT2D eigenvalue weighted by Crippen LogP contribution is 2.37. The Hall–Kier alpha value is -2.62. The minimum Gasteiger partial charge on any atom is -0.496 e. The van der Waals surface area contributed by atoms with Crippen molar-refractivity contribution >= 4 is 11.6 Å². The van der Waals surface area contributed by atoms with Gasteiger partial charge >= 0.3 is 0 Å². The first kappa shape index (κ1) is 15.3. The number of amides is 1. The van der Waals surface area contributed by atoms with Crippen LogP contribution in [0, 0.1) is 6.92 Å². The van der Waals surface area contributed by atoms with Crippen molar-refractivity contribution in [1.29, 1.82) is 0 Å². The maximum atomic E-state index is 12.0. The normalized spacial score (nSPS) is 17.1. The number of benzene rings is 2. The van der Waals surface area contributed by atoms with E-state index in [4.69, 9.17) is 4.74 Å². The predicted molar refractivity (Wildman–Crippen MR) is 90.6 cm³/mol. The maximum absolute atomic E-state index is 12.0. The molecular weight excluding hydrogens is 288 g/mol. The number of ether oxygens (including phenoxy) is 1. The van der Waals surface area contributed by atoms with E-state index in [0.29, 0.717) is 6.42 Å². The molecule has 0 spiro atoms. The van der Waals surface area contributed by atoms with Crippen molar-refractivity contribution in [2.45, 2.75) is 26.3 Å². The fourth-order valence-electron chi connectivity index (χ4n) is 2.90. The number of para-hydroxylation sites is 1. The minimum absolute atomic E-state index is 0.0667. The van der Waals surface area contributed by atoms with Gasteiger partial charge in [0.1, 0.15) is 5.75 Å². The third kappa shape index (κ3) is 2.97. The van der Waals surface area contributed by atoms with Crippen LogP contribution in [0.1, 0.15) is 36.1 Å². The molecular formula is C19H20N2O2. The molecule has 1 heterocycles. The zero-order chi connectivity index (χ0) is 16.4. The Bertz CT molecular complexity index is 750. The number of hydrazone groups is 1. The molecule has 2 aromatic carbocycles. The van der Waals surface area contributed by atoms with Crippen LogP contribution in [0.5, 0.6) is 5.75 Å². The Morgan fingerprint density at radius 1 is 1.17 bits per heavy atom. The van der Waals surface area contributed by atoms with Crippen LogP contribution in [0.2, 0.25) is 0 Å². The lowest BCUT2D eigenvalue weighted by atomic mass is 9.97. The molecule has 4 nitrogen and oxygen atoms in total. The summed E-state index contributed by atoms with van der Waals surface area (Å²) < 4.78 is 5.45. The zero-order valence-electron chi connectivity index (χ0n) is 13.6. The van der Waals surface area contributed by atoms with Gasteiger partial charge in [-0.3, -0.25) is 4.79 Å².